The van der Waals surface area contributed by atoms with Crippen molar-refractivity contribution < 1.29 is 0 Å². The van der Waals surface area contributed by atoms with E-state index >= 15 is 0 Å². The van der Waals surface area contributed by atoms with Crippen molar-refractivity contribution in [1.29, 1.82) is 0 Å². The second-order valence-corrected chi connectivity index (χ2v) is 4.92. The fourth-order valence-corrected chi connectivity index (χ4v) is 1.94. The van der Waals surface area contributed by atoms with Crippen molar-refractivity contribution in [2.75, 3.05) is 30.4 Å². The summed E-state index contributed by atoms with van der Waals surface area (Å²) in [5.41, 5.74) is 0. The zero-order chi connectivity index (χ0) is 12.7. The summed E-state index contributed by atoms with van der Waals surface area (Å²) in [6, 6.07) is 0. The third kappa shape index (κ3) is 4.50. The summed E-state index contributed by atoms with van der Waals surface area (Å²) >= 11 is 3.50. The normalized spacial score (nSPS) is 10.4. The van der Waals surface area contributed by atoms with Gasteiger partial charge in [-0.25, -0.2) is 4.98 Å². The Balaban J connectivity index is 2.74. The van der Waals surface area contributed by atoms with Crippen LogP contribution in [0.1, 0.15) is 33.1 Å². The molecule has 0 aromatic carbocycles. The number of unbranched alkanes of at least 4 members (excludes halogenated alkanes) is 1. The Hall–Kier alpha value is -0.840. The number of aromatic nitrogens is 2. The van der Waals surface area contributed by atoms with Crippen LogP contribution in [0.15, 0.2) is 10.7 Å². The molecular formula is C12H21BrN4. The van der Waals surface area contributed by atoms with E-state index in [-0.39, 0.29) is 0 Å². The zero-order valence-corrected chi connectivity index (χ0v) is 12.4. The van der Waals surface area contributed by atoms with Crippen molar-refractivity contribution in [3.63, 3.8) is 0 Å². The van der Waals surface area contributed by atoms with Gasteiger partial charge in [0.1, 0.15) is 5.82 Å². The van der Waals surface area contributed by atoms with E-state index in [1.165, 1.54) is 12.8 Å². The van der Waals surface area contributed by atoms with Crippen LogP contribution in [0.3, 0.4) is 0 Å². The minimum atomic E-state index is 0.702. The van der Waals surface area contributed by atoms with Gasteiger partial charge in [0, 0.05) is 26.3 Å². The van der Waals surface area contributed by atoms with Crippen molar-refractivity contribution in [3.8, 4) is 0 Å². The number of hydrogen-bond donors (Lipinski definition) is 1. The van der Waals surface area contributed by atoms with Crippen LogP contribution in [0, 0.1) is 0 Å². The monoisotopic (exact) mass is 300 g/mol. The lowest BCUT2D eigenvalue weighted by molar-refractivity contribution is 0.757. The summed E-state index contributed by atoms with van der Waals surface area (Å²) in [5.74, 6) is 1.65. The molecule has 1 rings (SSSR count). The summed E-state index contributed by atoms with van der Waals surface area (Å²) in [6.45, 7) is 6.23. The largest absolute Gasteiger partial charge is 0.359 e. The van der Waals surface area contributed by atoms with Crippen LogP contribution in [0.2, 0.25) is 0 Å². The van der Waals surface area contributed by atoms with E-state index in [9.17, 15) is 0 Å². The van der Waals surface area contributed by atoms with Crippen LogP contribution >= 0.6 is 15.9 Å². The Kier molecular flexibility index (Phi) is 6.26. The van der Waals surface area contributed by atoms with E-state index in [1.807, 2.05) is 6.20 Å². The van der Waals surface area contributed by atoms with E-state index in [2.05, 4.69) is 57.0 Å². The Bertz CT molecular complexity index is 343. The zero-order valence-electron chi connectivity index (χ0n) is 10.8. The molecule has 0 aliphatic rings. The Labute approximate surface area is 112 Å². The second-order valence-electron chi connectivity index (χ2n) is 4.07. The van der Waals surface area contributed by atoms with Gasteiger partial charge in [0.25, 0.3) is 0 Å². The van der Waals surface area contributed by atoms with Crippen molar-refractivity contribution >= 4 is 27.7 Å². The number of nitrogens with zero attached hydrogens (tertiary/aromatic N) is 3. The lowest BCUT2D eigenvalue weighted by Crippen LogP contribution is -2.21. The first-order valence-electron chi connectivity index (χ1n) is 6.16. The van der Waals surface area contributed by atoms with Gasteiger partial charge in [-0.2, -0.15) is 4.98 Å². The SMILES string of the molecule is CCCCN(C)c1nc(NCCC)ncc1Br. The van der Waals surface area contributed by atoms with Gasteiger partial charge >= 0.3 is 0 Å². The topological polar surface area (TPSA) is 41.1 Å². The molecule has 1 aromatic rings. The Morgan fingerprint density at radius 3 is 2.76 bits per heavy atom. The van der Waals surface area contributed by atoms with Gasteiger partial charge in [-0.3, -0.25) is 0 Å². The first kappa shape index (κ1) is 14.2. The Morgan fingerprint density at radius 2 is 2.12 bits per heavy atom. The molecule has 0 radical (unpaired) electrons. The molecule has 1 N–H and O–H groups in total. The van der Waals surface area contributed by atoms with Crippen molar-refractivity contribution in [2.24, 2.45) is 0 Å². The maximum atomic E-state index is 4.52. The molecule has 96 valence electrons. The number of anilines is 2. The number of halogens is 1. The molecule has 0 atom stereocenters. The quantitative estimate of drug-likeness (QED) is 0.839. The molecule has 0 spiro atoms. The highest BCUT2D eigenvalue weighted by Gasteiger charge is 2.09. The minimum Gasteiger partial charge on any atom is -0.359 e. The van der Waals surface area contributed by atoms with Gasteiger partial charge in [0.2, 0.25) is 5.95 Å². The molecule has 0 bridgehead atoms. The van der Waals surface area contributed by atoms with Gasteiger partial charge in [-0.15, -0.1) is 0 Å². The standard InChI is InChI=1S/C12H21BrN4/c1-4-6-8-17(3)11-10(13)9-15-12(16-11)14-7-5-2/h9H,4-8H2,1-3H3,(H,14,15,16). The number of rotatable bonds is 7. The molecule has 0 amide bonds. The van der Waals surface area contributed by atoms with Crippen molar-refractivity contribution in [2.45, 2.75) is 33.1 Å². The predicted octanol–water partition coefficient (Wildman–Crippen LogP) is 3.30. The molecule has 17 heavy (non-hydrogen) atoms. The maximum absolute atomic E-state index is 4.52. The molecule has 0 fully saturated rings. The summed E-state index contributed by atoms with van der Waals surface area (Å²) in [5, 5.41) is 3.20. The highest BCUT2D eigenvalue weighted by atomic mass is 79.9. The first-order valence-corrected chi connectivity index (χ1v) is 6.95. The van der Waals surface area contributed by atoms with Gasteiger partial charge in [0.15, 0.2) is 0 Å². The van der Waals surface area contributed by atoms with E-state index in [4.69, 9.17) is 0 Å². The molecule has 1 aromatic heterocycles. The predicted molar refractivity (Wildman–Crippen MR) is 76.7 cm³/mol. The summed E-state index contributed by atoms with van der Waals surface area (Å²) in [7, 11) is 2.06. The van der Waals surface area contributed by atoms with Crippen molar-refractivity contribution in [1.82, 2.24) is 9.97 Å². The summed E-state index contributed by atoms with van der Waals surface area (Å²) in [6.07, 6.45) is 5.24. The highest BCUT2D eigenvalue weighted by molar-refractivity contribution is 9.10. The summed E-state index contributed by atoms with van der Waals surface area (Å²) in [4.78, 5) is 10.9. The third-order valence-electron chi connectivity index (χ3n) is 2.47. The van der Waals surface area contributed by atoms with Gasteiger partial charge in [-0.05, 0) is 28.8 Å². The van der Waals surface area contributed by atoms with Crippen LogP contribution in [-0.4, -0.2) is 30.1 Å². The average Bonchev–Trinajstić information content (AvgIpc) is 2.35. The molecule has 0 aliphatic heterocycles. The van der Waals surface area contributed by atoms with Crippen LogP contribution < -0.4 is 10.2 Å². The van der Waals surface area contributed by atoms with Gasteiger partial charge < -0.3 is 10.2 Å². The third-order valence-corrected chi connectivity index (χ3v) is 3.03. The molecular weight excluding hydrogens is 280 g/mol. The average molecular weight is 301 g/mol. The minimum absolute atomic E-state index is 0.702. The lowest BCUT2D eigenvalue weighted by Gasteiger charge is -2.19. The van der Waals surface area contributed by atoms with Crippen LogP contribution in [-0.2, 0) is 0 Å². The number of hydrogen-bond acceptors (Lipinski definition) is 4. The van der Waals surface area contributed by atoms with Crippen LogP contribution in [0.5, 0.6) is 0 Å². The highest BCUT2D eigenvalue weighted by Crippen LogP contribution is 2.23. The molecule has 1 heterocycles. The van der Waals surface area contributed by atoms with E-state index in [0.717, 1.165) is 29.8 Å². The van der Waals surface area contributed by atoms with E-state index in [0.29, 0.717) is 5.95 Å². The summed E-state index contributed by atoms with van der Waals surface area (Å²) < 4.78 is 0.943. The maximum Gasteiger partial charge on any atom is 0.224 e. The number of nitrogens with one attached hydrogen (secondary N) is 1. The molecule has 0 aliphatic carbocycles. The van der Waals surface area contributed by atoms with Crippen molar-refractivity contribution in [3.05, 3.63) is 10.7 Å². The fourth-order valence-electron chi connectivity index (χ4n) is 1.45. The second kappa shape index (κ2) is 7.48. The lowest BCUT2D eigenvalue weighted by atomic mass is 10.3. The molecule has 5 heteroatoms. The van der Waals surface area contributed by atoms with Crippen LogP contribution in [0.4, 0.5) is 11.8 Å². The van der Waals surface area contributed by atoms with Gasteiger partial charge in [-0.1, -0.05) is 20.3 Å². The van der Waals surface area contributed by atoms with Gasteiger partial charge in [0.05, 0.1) is 4.47 Å². The molecule has 0 unspecified atom stereocenters. The fraction of sp³-hybridized carbons (Fsp3) is 0.667. The smallest absolute Gasteiger partial charge is 0.224 e. The van der Waals surface area contributed by atoms with E-state index < -0.39 is 0 Å². The van der Waals surface area contributed by atoms with Crippen LogP contribution in [0.25, 0.3) is 0 Å². The van der Waals surface area contributed by atoms with E-state index in [1.54, 1.807) is 0 Å². The molecule has 4 nitrogen and oxygen atoms in total. The molecule has 0 saturated heterocycles. The molecule has 0 saturated carbocycles. The Morgan fingerprint density at radius 1 is 1.35 bits per heavy atom. The first-order chi connectivity index (χ1) is 8.19.